The van der Waals surface area contributed by atoms with Crippen molar-refractivity contribution in [3.05, 3.63) is 24.3 Å². The summed E-state index contributed by atoms with van der Waals surface area (Å²) in [5.41, 5.74) is -0.290. The number of para-hydroxylation sites is 2. The van der Waals surface area contributed by atoms with Crippen LogP contribution in [0.1, 0.15) is 27.2 Å². The van der Waals surface area contributed by atoms with Gasteiger partial charge in [-0.25, -0.2) is 0 Å². The molecule has 0 spiro atoms. The van der Waals surface area contributed by atoms with Gasteiger partial charge < -0.3 is 25.0 Å². The van der Waals surface area contributed by atoms with Crippen molar-refractivity contribution in [1.29, 1.82) is 0 Å². The number of carbonyl (C=O) groups excluding carboxylic acids is 3. The van der Waals surface area contributed by atoms with Gasteiger partial charge in [-0.3, -0.25) is 14.4 Å². The predicted molar refractivity (Wildman–Crippen MR) is 104 cm³/mol. The molecule has 1 unspecified atom stereocenters. The van der Waals surface area contributed by atoms with Gasteiger partial charge in [0.15, 0.2) is 18.1 Å². The standard InChI is InChI=1S/C20H29N3O5/c1-20(2,3)23-12-14(11-18(23)25)19(26)22-10-9-21-17(24)13-28-16-8-6-5-7-15(16)27-4/h5-8,14H,9-13H2,1-4H3,(H,21,24)(H,22,26). The van der Waals surface area contributed by atoms with Crippen molar-refractivity contribution in [2.75, 3.05) is 33.4 Å². The van der Waals surface area contributed by atoms with Crippen molar-refractivity contribution >= 4 is 17.7 Å². The zero-order valence-electron chi connectivity index (χ0n) is 16.9. The fourth-order valence-corrected chi connectivity index (χ4v) is 3.00. The number of nitrogens with zero attached hydrogens (tertiary/aromatic N) is 1. The van der Waals surface area contributed by atoms with Crippen molar-refractivity contribution < 1.29 is 23.9 Å². The average molecular weight is 391 g/mol. The lowest BCUT2D eigenvalue weighted by Crippen LogP contribution is -2.43. The van der Waals surface area contributed by atoms with Crippen molar-refractivity contribution in [3.63, 3.8) is 0 Å². The molecule has 28 heavy (non-hydrogen) atoms. The summed E-state index contributed by atoms with van der Waals surface area (Å²) >= 11 is 0. The van der Waals surface area contributed by atoms with Crippen LogP contribution in [-0.4, -0.2) is 61.5 Å². The van der Waals surface area contributed by atoms with Gasteiger partial charge in [-0.15, -0.1) is 0 Å². The summed E-state index contributed by atoms with van der Waals surface area (Å²) in [6.45, 7) is 6.71. The van der Waals surface area contributed by atoms with Crippen LogP contribution in [0.2, 0.25) is 0 Å². The summed E-state index contributed by atoms with van der Waals surface area (Å²) in [5, 5.41) is 5.45. The van der Waals surface area contributed by atoms with Crippen molar-refractivity contribution in [1.82, 2.24) is 15.5 Å². The molecule has 8 heteroatoms. The molecule has 1 fully saturated rings. The fraction of sp³-hybridized carbons (Fsp3) is 0.550. The second kappa shape index (κ2) is 9.43. The summed E-state index contributed by atoms with van der Waals surface area (Å²) in [6, 6.07) is 7.07. The maximum Gasteiger partial charge on any atom is 0.258 e. The number of methoxy groups -OCH3 is 1. The van der Waals surface area contributed by atoms with Crippen LogP contribution in [0.4, 0.5) is 0 Å². The molecule has 2 N–H and O–H groups in total. The van der Waals surface area contributed by atoms with Gasteiger partial charge in [0.25, 0.3) is 5.91 Å². The van der Waals surface area contributed by atoms with E-state index in [4.69, 9.17) is 9.47 Å². The van der Waals surface area contributed by atoms with Gasteiger partial charge in [0.2, 0.25) is 11.8 Å². The number of nitrogens with one attached hydrogen (secondary N) is 2. The third-order valence-electron chi connectivity index (χ3n) is 4.48. The highest BCUT2D eigenvalue weighted by Crippen LogP contribution is 2.26. The maximum atomic E-state index is 12.2. The van der Waals surface area contributed by atoms with E-state index in [9.17, 15) is 14.4 Å². The molecule has 0 saturated carbocycles. The quantitative estimate of drug-likeness (QED) is 0.643. The van der Waals surface area contributed by atoms with Crippen LogP contribution in [0, 0.1) is 5.92 Å². The van der Waals surface area contributed by atoms with Crippen molar-refractivity contribution in [2.45, 2.75) is 32.7 Å². The molecule has 1 aromatic carbocycles. The predicted octanol–water partition coefficient (Wildman–Crippen LogP) is 0.953. The van der Waals surface area contributed by atoms with E-state index < -0.39 is 0 Å². The molecule has 8 nitrogen and oxygen atoms in total. The SMILES string of the molecule is COc1ccccc1OCC(=O)NCCNC(=O)C1CC(=O)N(C(C)(C)C)C1. The number of hydrogen-bond acceptors (Lipinski definition) is 5. The molecule has 1 heterocycles. The van der Waals surface area contributed by atoms with Gasteiger partial charge in [-0.2, -0.15) is 0 Å². The zero-order chi connectivity index (χ0) is 20.7. The van der Waals surface area contributed by atoms with Crippen molar-refractivity contribution in [3.8, 4) is 11.5 Å². The molecule has 0 radical (unpaired) electrons. The van der Waals surface area contributed by atoms with Gasteiger partial charge in [-0.05, 0) is 32.9 Å². The first-order valence-electron chi connectivity index (χ1n) is 9.33. The Hall–Kier alpha value is -2.77. The van der Waals surface area contributed by atoms with E-state index in [1.807, 2.05) is 26.8 Å². The van der Waals surface area contributed by atoms with Gasteiger partial charge in [0, 0.05) is 31.6 Å². The number of rotatable bonds is 8. The minimum Gasteiger partial charge on any atom is -0.493 e. The van der Waals surface area contributed by atoms with Gasteiger partial charge in [0.05, 0.1) is 13.0 Å². The monoisotopic (exact) mass is 391 g/mol. The molecule has 0 aromatic heterocycles. The van der Waals surface area contributed by atoms with E-state index in [2.05, 4.69) is 10.6 Å². The average Bonchev–Trinajstić information content (AvgIpc) is 3.06. The number of amides is 3. The smallest absolute Gasteiger partial charge is 0.258 e. The van der Waals surface area contributed by atoms with Crippen LogP contribution in [0.3, 0.4) is 0 Å². The Morgan fingerprint density at radius 1 is 1.14 bits per heavy atom. The number of carbonyl (C=O) groups is 3. The Morgan fingerprint density at radius 2 is 1.79 bits per heavy atom. The maximum absolute atomic E-state index is 12.2. The van der Waals surface area contributed by atoms with Crippen molar-refractivity contribution in [2.24, 2.45) is 5.92 Å². The third-order valence-corrected chi connectivity index (χ3v) is 4.48. The van der Waals surface area contributed by atoms with Crippen LogP contribution >= 0.6 is 0 Å². The minimum atomic E-state index is -0.351. The van der Waals surface area contributed by atoms with Crippen LogP contribution in [0.5, 0.6) is 11.5 Å². The van der Waals surface area contributed by atoms with Gasteiger partial charge >= 0.3 is 0 Å². The highest BCUT2D eigenvalue weighted by molar-refractivity contribution is 5.89. The van der Waals surface area contributed by atoms with Crippen LogP contribution in [0.25, 0.3) is 0 Å². The number of hydrogen-bond donors (Lipinski definition) is 2. The topological polar surface area (TPSA) is 97.0 Å². The molecular formula is C20H29N3O5. The number of likely N-dealkylation sites (tertiary alicyclic amines) is 1. The number of benzene rings is 1. The highest BCUT2D eigenvalue weighted by atomic mass is 16.5. The summed E-state index contributed by atoms with van der Waals surface area (Å²) in [7, 11) is 1.53. The first-order valence-corrected chi connectivity index (χ1v) is 9.33. The van der Waals surface area contributed by atoms with Crippen LogP contribution in [0.15, 0.2) is 24.3 Å². The molecule has 0 bridgehead atoms. The van der Waals surface area contributed by atoms with E-state index in [1.54, 1.807) is 23.1 Å². The Morgan fingerprint density at radius 3 is 2.39 bits per heavy atom. The molecule has 0 aliphatic carbocycles. The molecule has 1 aromatic rings. The summed E-state index contributed by atoms with van der Waals surface area (Å²) in [5.74, 6) is 0.223. The van der Waals surface area contributed by atoms with Gasteiger partial charge in [0.1, 0.15) is 0 Å². The zero-order valence-corrected chi connectivity index (χ0v) is 16.9. The normalized spacial score (nSPS) is 16.6. The molecule has 154 valence electrons. The lowest BCUT2D eigenvalue weighted by atomic mass is 10.1. The second-order valence-electron chi connectivity index (χ2n) is 7.66. The minimum absolute atomic E-state index is 0.00515. The van der Waals surface area contributed by atoms with E-state index in [1.165, 1.54) is 7.11 Å². The first kappa shape index (κ1) is 21.5. The molecule has 1 aliphatic rings. The molecule has 3 amide bonds. The molecule has 1 saturated heterocycles. The highest BCUT2D eigenvalue weighted by Gasteiger charge is 2.39. The third kappa shape index (κ3) is 5.87. The van der Waals surface area contributed by atoms with Crippen LogP contribution < -0.4 is 20.1 Å². The molecule has 1 atom stereocenters. The summed E-state index contributed by atoms with van der Waals surface area (Å²) < 4.78 is 10.6. The Kier molecular flexibility index (Phi) is 7.25. The Balaban J connectivity index is 1.66. The summed E-state index contributed by atoms with van der Waals surface area (Å²) in [4.78, 5) is 37.9. The molecule has 2 rings (SSSR count). The Bertz CT molecular complexity index is 714. The first-order chi connectivity index (χ1) is 13.2. The van der Waals surface area contributed by atoms with Crippen LogP contribution in [-0.2, 0) is 14.4 Å². The summed E-state index contributed by atoms with van der Waals surface area (Å²) in [6.07, 6.45) is 0.224. The van der Waals surface area contributed by atoms with E-state index in [0.29, 0.717) is 24.6 Å². The lowest BCUT2D eigenvalue weighted by Gasteiger charge is -2.31. The van der Waals surface area contributed by atoms with E-state index in [-0.39, 0.29) is 48.8 Å². The molecule has 1 aliphatic heterocycles. The number of ether oxygens (including phenoxy) is 2. The second-order valence-corrected chi connectivity index (χ2v) is 7.66. The van der Waals surface area contributed by atoms with E-state index >= 15 is 0 Å². The molecular weight excluding hydrogens is 362 g/mol. The largest absolute Gasteiger partial charge is 0.493 e. The lowest BCUT2D eigenvalue weighted by molar-refractivity contribution is -0.132. The Labute approximate surface area is 165 Å². The van der Waals surface area contributed by atoms with Gasteiger partial charge in [-0.1, -0.05) is 12.1 Å². The fourth-order valence-electron chi connectivity index (χ4n) is 3.00. The van der Waals surface area contributed by atoms with E-state index in [0.717, 1.165) is 0 Å².